The molecule has 27 heavy (non-hydrogen) atoms. The van der Waals surface area contributed by atoms with E-state index in [-0.39, 0.29) is 5.91 Å². The van der Waals surface area contributed by atoms with Crippen LogP contribution < -0.4 is 14.8 Å². The van der Waals surface area contributed by atoms with E-state index in [2.05, 4.69) is 11.4 Å². The van der Waals surface area contributed by atoms with Gasteiger partial charge in [-0.3, -0.25) is 4.79 Å². The van der Waals surface area contributed by atoms with Crippen molar-refractivity contribution in [2.75, 3.05) is 12.4 Å². The standard InChI is InChI=1S/C22H18N2O3/c1-26-19-11-9-18(10-12-19)22(25)24-20-7-2-3-8-21(20)27-15-17-6-4-5-16(13-17)14-23/h2-13H,15H2,1H3,(H,24,25). The molecule has 5 heteroatoms. The van der Waals surface area contributed by atoms with Gasteiger partial charge in [-0.2, -0.15) is 5.26 Å². The molecule has 1 N–H and O–H groups in total. The highest BCUT2D eigenvalue weighted by molar-refractivity contribution is 6.05. The summed E-state index contributed by atoms with van der Waals surface area (Å²) in [4.78, 5) is 12.5. The lowest BCUT2D eigenvalue weighted by atomic mass is 10.1. The SMILES string of the molecule is COc1ccc(C(=O)Nc2ccccc2OCc2cccc(C#N)c2)cc1. The van der Waals surface area contributed by atoms with Gasteiger partial charge in [-0.05, 0) is 54.1 Å². The summed E-state index contributed by atoms with van der Waals surface area (Å²) in [7, 11) is 1.58. The Bertz CT molecular complexity index is 975. The molecule has 5 nitrogen and oxygen atoms in total. The van der Waals surface area contributed by atoms with Gasteiger partial charge in [0.05, 0.1) is 24.4 Å². The van der Waals surface area contributed by atoms with E-state index >= 15 is 0 Å². The number of nitrogens with zero attached hydrogens (tertiary/aromatic N) is 1. The number of hydrogen-bond acceptors (Lipinski definition) is 4. The van der Waals surface area contributed by atoms with E-state index in [0.29, 0.717) is 34.9 Å². The van der Waals surface area contributed by atoms with Gasteiger partial charge in [0.2, 0.25) is 0 Å². The van der Waals surface area contributed by atoms with E-state index in [1.54, 1.807) is 55.6 Å². The lowest BCUT2D eigenvalue weighted by Gasteiger charge is -2.13. The van der Waals surface area contributed by atoms with Crippen LogP contribution >= 0.6 is 0 Å². The summed E-state index contributed by atoms with van der Waals surface area (Å²) >= 11 is 0. The van der Waals surface area contributed by atoms with Gasteiger partial charge >= 0.3 is 0 Å². The molecule has 1 amide bonds. The van der Waals surface area contributed by atoms with Crippen LogP contribution in [0.15, 0.2) is 72.8 Å². The highest BCUT2D eigenvalue weighted by Gasteiger charge is 2.10. The second-order valence-corrected chi connectivity index (χ2v) is 5.78. The van der Waals surface area contributed by atoms with Gasteiger partial charge in [-0.1, -0.05) is 24.3 Å². The molecule has 0 aromatic heterocycles. The molecule has 0 unspecified atom stereocenters. The average molecular weight is 358 g/mol. The van der Waals surface area contributed by atoms with Crippen molar-refractivity contribution in [2.24, 2.45) is 0 Å². The molecule has 0 heterocycles. The summed E-state index contributed by atoms with van der Waals surface area (Å²) in [5.41, 5.74) is 2.56. The molecular formula is C22H18N2O3. The molecule has 0 spiro atoms. The normalized spacial score (nSPS) is 9.93. The molecule has 3 aromatic carbocycles. The van der Waals surface area contributed by atoms with Gasteiger partial charge in [0, 0.05) is 5.56 Å². The first-order valence-corrected chi connectivity index (χ1v) is 8.36. The third-order valence-electron chi connectivity index (χ3n) is 3.94. The molecule has 3 rings (SSSR count). The lowest BCUT2D eigenvalue weighted by Crippen LogP contribution is -2.12. The summed E-state index contributed by atoms with van der Waals surface area (Å²) in [6.45, 7) is 0.297. The van der Waals surface area contributed by atoms with Crippen molar-refractivity contribution >= 4 is 11.6 Å². The number of ether oxygens (including phenoxy) is 2. The zero-order valence-electron chi connectivity index (χ0n) is 14.8. The van der Waals surface area contributed by atoms with Crippen LogP contribution in [0.5, 0.6) is 11.5 Å². The fourth-order valence-corrected chi connectivity index (χ4v) is 2.52. The van der Waals surface area contributed by atoms with Crippen molar-refractivity contribution < 1.29 is 14.3 Å². The second-order valence-electron chi connectivity index (χ2n) is 5.78. The Morgan fingerprint density at radius 2 is 1.81 bits per heavy atom. The van der Waals surface area contributed by atoms with Crippen LogP contribution in [0.3, 0.4) is 0 Å². The van der Waals surface area contributed by atoms with E-state index in [9.17, 15) is 4.79 Å². The van der Waals surface area contributed by atoms with Crippen LogP contribution in [0.25, 0.3) is 0 Å². The average Bonchev–Trinajstić information content (AvgIpc) is 2.73. The van der Waals surface area contributed by atoms with Crippen LogP contribution in [0.1, 0.15) is 21.5 Å². The number of benzene rings is 3. The molecule has 0 aliphatic heterocycles. The van der Waals surface area contributed by atoms with Crippen molar-refractivity contribution in [2.45, 2.75) is 6.61 Å². The number of nitrogens with one attached hydrogen (secondary N) is 1. The van der Waals surface area contributed by atoms with Crippen LogP contribution in [0.4, 0.5) is 5.69 Å². The smallest absolute Gasteiger partial charge is 0.255 e. The largest absolute Gasteiger partial charge is 0.497 e. The van der Waals surface area contributed by atoms with Gasteiger partial charge in [-0.15, -0.1) is 0 Å². The summed E-state index contributed by atoms with van der Waals surface area (Å²) < 4.78 is 11.0. The second kappa shape index (κ2) is 8.54. The molecule has 0 saturated carbocycles. The summed E-state index contributed by atoms with van der Waals surface area (Å²) in [6.07, 6.45) is 0. The molecule has 3 aromatic rings. The molecule has 0 atom stereocenters. The number of amides is 1. The van der Waals surface area contributed by atoms with Crippen molar-refractivity contribution in [3.05, 3.63) is 89.5 Å². The Morgan fingerprint density at radius 3 is 2.56 bits per heavy atom. The van der Waals surface area contributed by atoms with E-state index < -0.39 is 0 Å². The predicted molar refractivity (Wildman–Crippen MR) is 103 cm³/mol. The lowest BCUT2D eigenvalue weighted by molar-refractivity contribution is 0.102. The van der Waals surface area contributed by atoms with E-state index in [0.717, 1.165) is 5.56 Å². The van der Waals surface area contributed by atoms with Crippen molar-refractivity contribution in [1.29, 1.82) is 5.26 Å². The third kappa shape index (κ3) is 4.65. The quantitative estimate of drug-likeness (QED) is 0.709. The van der Waals surface area contributed by atoms with Gasteiger partial charge in [0.1, 0.15) is 18.1 Å². The summed E-state index contributed by atoms with van der Waals surface area (Å²) in [5.74, 6) is 1.01. The maximum absolute atomic E-state index is 12.5. The monoisotopic (exact) mass is 358 g/mol. The number of carbonyl (C=O) groups is 1. The predicted octanol–water partition coefficient (Wildman–Crippen LogP) is 4.40. The Labute approximate surface area is 157 Å². The van der Waals surface area contributed by atoms with E-state index in [1.165, 1.54) is 0 Å². The molecule has 0 radical (unpaired) electrons. The van der Waals surface area contributed by atoms with Crippen LogP contribution in [-0.4, -0.2) is 13.0 Å². The first-order chi connectivity index (χ1) is 13.2. The maximum Gasteiger partial charge on any atom is 0.255 e. The number of para-hydroxylation sites is 2. The molecule has 0 aliphatic rings. The van der Waals surface area contributed by atoms with E-state index in [4.69, 9.17) is 14.7 Å². The fourth-order valence-electron chi connectivity index (χ4n) is 2.52. The third-order valence-corrected chi connectivity index (χ3v) is 3.94. The van der Waals surface area contributed by atoms with Gasteiger partial charge < -0.3 is 14.8 Å². The van der Waals surface area contributed by atoms with Crippen LogP contribution in [0, 0.1) is 11.3 Å². The molecular weight excluding hydrogens is 340 g/mol. The van der Waals surface area contributed by atoms with Crippen molar-refractivity contribution in [1.82, 2.24) is 0 Å². The maximum atomic E-state index is 12.5. The number of nitriles is 1. The number of rotatable bonds is 6. The zero-order chi connectivity index (χ0) is 19.1. The Morgan fingerprint density at radius 1 is 1.04 bits per heavy atom. The Kier molecular flexibility index (Phi) is 5.70. The van der Waals surface area contributed by atoms with Crippen LogP contribution in [-0.2, 0) is 6.61 Å². The minimum absolute atomic E-state index is 0.236. The number of anilines is 1. The number of methoxy groups -OCH3 is 1. The van der Waals surface area contributed by atoms with Gasteiger partial charge in [-0.25, -0.2) is 0 Å². The van der Waals surface area contributed by atoms with Gasteiger partial charge in [0.15, 0.2) is 0 Å². The molecule has 0 bridgehead atoms. The Hall–Kier alpha value is -3.78. The molecule has 0 fully saturated rings. The molecule has 0 aliphatic carbocycles. The van der Waals surface area contributed by atoms with Gasteiger partial charge in [0.25, 0.3) is 5.91 Å². The highest BCUT2D eigenvalue weighted by atomic mass is 16.5. The summed E-state index contributed by atoms with van der Waals surface area (Å²) in [6, 6.07) is 23.4. The highest BCUT2D eigenvalue weighted by Crippen LogP contribution is 2.25. The summed E-state index contributed by atoms with van der Waals surface area (Å²) in [5, 5.41) is 11.9. The topological polar surface area (TPSA) is 71.3 Å². The van der Waals surface area contributed by atoms with Crippen molar-refractivity contribution in [3.63, 3.8) is 0 Å². The minimum Gasteiger partial charge on any atom is -0.497 e. The molecule has 0 saturated heterocycles. The first-order valence-electron chi connectivity index (χ1n) is 8.36. The number of hydrogen-bond donors (Lipinski definition) is 1. The zero-order valence-corrected chi connectivity index (χ0v) is 14.8. The minimum atomic E-state index is -0.236. The number of carbonyl (C=O) groups excluding carboxylic acids is 1. The first kappa shape index (κ1) is 18.0. The Balaban J connectivity index is 1.71. The fraction of sp³-hybridized carbons (Fsp3) is 0.0909. The van der Waals surface area contributed by atoms with E-state index in [1.807, 2.05) is 24.3 Å². The van der Waals surface area contributed by atoms with Crippen molar-refractivity contribution in [3.8, 4) is 17.6 Å². The van der Waals surface area contributed by atoms with Crippen LogP contribution in [0.2, 0.25) is 0 Å². The molecule has 134 valence electrons.